The number of aromatic nitrogens is 1. The molecule has 1 aromatic heterocycles. The minimum Gasteiger partial charge on any atom is -0.331 e. The molecule has 1 amide bonds. The van der Waals surface area contributed by atoms with Gasteiger partial charge in [0.25, 0.3) is 5.91 Å². The van der Waals surface area contributed by atoms with Gasteiger partial charge in [0, 0.05) is 32.9 Å². The van der Waals surface area contributed by atoms with E-state index in [1.165, 1.54) is 11.3 Å². The van der Waals surface area contributed by atoms with Crippen molar-refractivity contribution in [2.75, 3.05) is 10.6 Å². The van der Waals surface area contributed by atoms with Gasteiger partial charge < -0.3 is 10.6 Å². The summed E-state index contributed by atoms with van der Waals surface area (Å²) in [7, 11) is 0. The Bertz CT molecular complexity index is 1150. The van der Waals surface area contributed by atoms with Gasteiger partial charge in [-0.15, -0.1) is 11.3 Å². The summed E-state index contributed by atoms with van der Waals surface area (Å²) in [5.41, 5.74) is 5.12. The molecular weight excluding hydrogens is 402 g/mol. The fourth-order valence-electron chi connectivity index (χ4n) is 2.90. The summed E-state index contributed by atoms with van der Waals surface area (Å²) in [5.74, 6) is -0.113. The molecule has 0 radical (unpaired) electrons. The Kier molecular flexibility index (Phi) is 5.60. The maximum absolute atomic E-state index is 12.5. The summed E-state index contributed by atoms with van der Waals surface area (Å²) in [6, 6.07) is 22.7. The number of carbonyl (C=O) groups excluding carboxylic acids is 1. The lowest BCUT2D eigenvalue weighted by Gasteiger charge is -2.08. The average Bonchev–Trinajstić information content (AvgIpc) is 3.17. The number of halogens is 1. The second kappa shape index (κ2) is 8.47. The monoisotopic (exact) mass is 419 g/mol. The molecule has 3 aromatic carbocycles. The van der Waals surface area contributed by atoms with Crippen LogP contribution in [0.4, 0.5) is 16.5 Å². The zero-order valence-corrected chi connectivity index (χ0v) is 17.2. The molecule has 4 rings (SSSR count). The van der Waals surface area contributed by atoms with E-state index in [1.54, 1.807) is 0 Å². The number of hydrogen-bond donors (Lipinski definition) is 2. The van der Waals surface area contributed by atoms with E-state index >= 15 is 0 Å². The number of amides is 1. The first kappa shape index (κ1) is 19.2. The van der Waals surface area contributed by atoms with E-state index in [-0.39, 0.29) is 5.91 Å². The van der Waals surface area contributed by atoms with E-state index in [2.05, 4.69) is 15.6 Å². The number of hydrogen-bond acceptors (Lipinski definition) is 4. The van der Waals surface area contributed by atoms with E-state index in [0.29, 0.717) is 10.6 Å². The molecule has 2 N–H and O–H groups in total. The molecule has 0 bridgehead atoms. The predicted molar refractivity (Wildman–Crippen MR) is 121 cm³/mol. The second-order valence-corrected chi connectivity index (χ2v) is 7.81. The van der Waals surface area contributed by atoms with Crippen LogP contribution in [0.25, 0.3) is 11.3 Å². The van der Waals surface area contributed by atoms with Crippen LogP contribution in [0.3, 0.4) is 0 Å². The number of anilines is 3. The maximum atomic E-state index is 12.5. The topological polar surface area (TPSA) is 54.0 Å². The Morgan fingerprint density at radius 2 is 1.76 bits per heavy atom. The molecule has 0 saturated heterocycles. The van der Waals surface area contributed by atoms with Crippen molar-refractivity contribution in [3.63, 3.8) is 0 Å². The minimum atomic E-state index is -0.113. The smallest absolute Gasteiger partial charge is 0.255 e. The first-order valence-electron chi connectivity index (χ1n) is 9.04. The molecule has 0 fully saturated rings. The molecule has 0 unspecified atom stereocenters. The molecule has 0 atom stereocenters. The Labute approximate surface area is 178 Å². The van der Waals surface area contributed by atoms with Crippen LogP contribution in [0.5, 0.6) is 0 Å². The van der Waals surface area contributed by atoms with Crippen molar-refractivity contribution in [3.8, 4) is 11.3 Å². The Balaban J connectivity index is 1.45. The van der Waals surface area contributed by atoms with Crippen LogP contribution in [-0.2, 0) is 0 Å². The van der Waals surface area contributed by atoms with Crippen molar-refractivity contribution in [2.24, 2.45) is 0 Å². The molecule has 4 aromatic rings. The highest BCUT2D eigenvalue weighted by atomic mass is 35.5. The van der Waals surface area contributed by atoms with E-state index in [4.69, 9.17) is 11.6 Å². The fraction of sp³-hybridized carbons (Fsp3) is 0.0435. The number of rotatable bonds is 5. The lowest BCUT2D eigenvalue weighted by atomic mass is 10.1. The van der Waals surface area contributed by atoms with Crippen LogP contribution in [0.2, 0.25) is 5.02 Å². The van der Waals surface area contributed by atoms with E-state index in [0.717, 1.165) is 33.3 Å². The zero-order valence-electron chi connectivity index (χ0n) is 15.6. The number of nitrogens with zero attached hydrogens (tertiary/aromatic N) is 1. The standard InChI is InChI=1S/C23H18ClN3OS/c1-15-5-2-3-8-20(15)22(28)25-18-11-9-16(10-12-18)21-14-29-23(27-21)26-19-7-4-6-17(24)13-19/h2-14H,1H3,(H,25,28)(H,26,27). The molecule has 0 aliphatic heterocycles. The van der Waals surface area contributed by atoms with Gasteiger partial charge in [-0.2, -0.15) is 0 Å². The van der Waals surface area contributed by atoms with Crippen molar-refractivity contribution in [2.45, 2.75) is 6.92 Å². The van der Waals surface area contributed by atoms with Gasteiger partial charge in [0.1, 0.15) is 0 Å². The third-order valence-electron chi connectivity index (χ3n) is 4.41. The summed E-state index contributed by atoms with van der Waals surface area (Å²) in [5, 5.41) is 9.66. The van der Waals surface area contributed by atoms with Crippen molar-refractivity contribution in [1.82, 2.24) is 4.98 Å². The molecule has 1 heterocycles. The second-order valence-electron chi connectivity index (χ2n) is 6.52. The van der Waals surface area contributed by atoms with E-state index in [1.807, 2.05) is 85.1 Å². The van der Waals surface area contributed by atoms with Gasteiger partial charge in [-0.1, -0.05) is 48.0 Å². The molecule has 0 spiro atoms. The first-order valence-corrected chi connectivity index (χ1v) is 10.3. The van der Waals surface area contributed by atoms with E-state index in [9.17, 15) is 4.79 Å². The molecule has 0 saturated carbocycles. The van der Waals surface area contributed by atoms with Crippen molar-refractivity contribution < 1.29 is 4.79 Å². The first-order chi connectivity index (χ1) is 14.1. The largest absolute Gasteiger partial charge is 0.331 e. The highest BCUT2D eigenvalue weighted by molar-refractivity contribution is 7.14. The summed E-state index contributed by atoms with van der Waals surface area (Å²) in [6.45, 7) is 1.93. The molecule has 29 heavy (non-hydrogen) atoms. The molecule has 0 aliphatic rings. The van der Waals surface area contributed by atoms with Crippen LogP contribution in [0.15, 0.2) is 78.2 Å². The minimum absolute atomic E-state index is 0.113. The van der Waals surface area contributed by atoms with E-state index < -0.39 is 0 Å². The molecule has 6 heteroatoms. The lowest BCUT2D eigenvalue weighted by Crippen LogP contribution is -2.13. The van der Waals surface area contributed by atoms with Gasteiger partial charge in [0.15, 0.2) is 5.13 Å². The van der Waals surface area contributed by atoms with Crippen molar-refractivity contribution in [1.29, 1.82) is 0 Å². The number of carbonyl (C=O) groups is 1. The molecule has 144 valence electrons. The highest BCUT2D eigenvalue weighted by Gasteiger charge is 2.09. The summed E-state index contributed by atoms with van der Waals surface area (Å²) >= 11 is 7.55. The van der Waals surface area contributed by atoms with Gasteiger partial charge in [0.2, 0.25) is 0 Å². The van der Waals surface area contributed by atoms with Gasteiger partial charge in [-0.3, -0.25) is 4.79 Å². The normalized spacial score (nSPS) is 10.6. The van der Waals surface area contributed by atoms with Crippen LogP contribution in [-0.4, -0.2) is 10.9 Å². The number of benzene rings is 3. The summed E-state index contributed by atoms with van der Waals surface area (Å²) < 4.78 is 0. The molecule has 4 nitrogen and oxygen atoms in total. The third kappa shape index (κ3) is 4.65. The highest BCUT2D eigenvalue weighted by Crippen LogP contribution is 2.28. The molecule has 0 aliphatic carbocycles. The van der Waals surface area contributed by atoms with Crippen molar-refractivity contribution >= 4 is 45.4 Å². The third-order valence-corrected chi connectivity index (χ3v) is 5.40. The number of nitrogens with one attached hydrogen (secondary N) is 2. The average molecular weight is 420 g/mol. The van der Waals surface area contributed by atoms with Gasteiger partial charge >= 0.3 is 0 Å². The number of aryl methyl sites for hydroxylation is 1. The Morgan fingerprint density at radius 1 is 0.966 bits per heavy atom. The SMILES string of the molecule is Cc1ccccc1C(=O)Nc1ccc(-c2csc(Nc3cccc(Cl)c3)n2)cc1. The van der Waals surface area contributed by atoms with Crippen LogP contribution in [0, 0.1) is 6.92 Å². The van der Waals surface area contributed by atoms with Crippen molar-refractivity contribution in [3.05, 3.63) is 94.3 Å². The predicted octanol–water partition coefficient (Wildman–Crippen LogP) is 6.77. The van der Waals surface area contributed by atoms with Gasteiger partial charge in [-0.05, 0) is 48.9 Å². The fourth-order valence-corrected chi connectivity index (χ4v) is 3.83. The lowest BCUT2D eigenvalue weighted by molar-refractivity contribution is 0.102. The summed E-state index contributed by atoms with van der Waals surface area (Å²) in [4.78, 5) is 17.1. The summed E-state index contributed by atoms with van der Waals surface area (Å²) in [6.07, 6.45) is 0. The zero-order chi connectivity index (χ0) is 20.2. The van der Waals surface area contributed by atoms with Crippen LogP contribution < -0.4 is 10.6 Å². The van der Waals surface area contributed by atoms with Crippen LogP contribution in [0.1, 0.15) is 15.9 Å². The van der Waals surface area contributed by atoms with Crippen LogP contribution >= 0.6 is 22.9 Å². The number of thiazole rings is 1. The Morgan fingerprint density at radius 3 is 2.52 bits per heavy atom. The van der Waals surface area contributed by atoms with Gasteiger partial charge in [-0.25, -0.2) is 4.98 Å². The quantitative estimate of drug-likeness (QED) is 0.375. The molecular formula is C23H18ClN3OS. The maximum Gasteiger partial charge on any atom is 0.255 e. The van der Waals surface area contributed by atoms with Gasteiger partial charge in [0.05, 0.1) is 5.69 Å². The Hall–Kier alpha value is -3.15.